The lowest BCUT2D eigenvalue weighted by Crippen LogP contribution is -2.26. The van der Waals surface area contributed by atoms with E-state index in [2.05, 4.69) is 9.97 Å². The maximum atomic E-state index is 12.2. The molecule has 3 heterocycles. The zero-order chi connectivity index (χ0) is 20.8. The monoisotopic (exact) mass is 406 g/mol. The van der Waals surface area contributed by atoms with Crippen molar-refractivity contribution in [2.45, 2.75) is 38.9 Å². The van der Waals surface area contributed by atoms with Crippen molar-refractivity contribution in [1.82, 2.24) is 9.97 Å². The Hall–Kier alpha value is -3.12. The molecule has 1 aromatic carbocycles. The smallest absolute Gasteiger partial charge is 0.251 e. The molecule has 0 spiro atoms. The number of ether oxygens (including phenoxy) is 3. The molecule has 1 atom stereocenters. The molecule has 156 valence electrons. The zero-order valence-corrected chi connectivity index (χ0v) is 17.1. The molecule has 1 aliphatic rings. The predicted octanol–water partition coefficient (Wildman–Crippen LogP) is 4.27. The molecule has 2 aromatic heterocycles. The van der Waals surface area contributed by atoms with Crippen LogP contribution in [0.5, 0.6) is 11.6 Å². The average molecular weight is 406 g/mol. The number of nitrogens with one attached hydrogen (secondary N) is 1. The Morgan fingerprint density at radius 3 is 2.83 bits per heavy atom. The normalized spacial score (nSPS) is 16.2. The van der Waals surface area contributed by atoms with E-state index in [1.165, 1.54) is 0 Å². The van der Waals surface area contributed by atoms with Crippen LogP contribution < -0.4 is 15.0 Å². The average Bonchev–Trinajstić information content (AvgIpc) is 2.77. The van der Waals surface area contributed by atoms with Gasteiger partial charge in [-0.25, -0.2) is 0 Å². The summed E-state index contributed by atoms with van der Waals surface area (Å²) in [5, 5.41) is 0. The van der Waals surface area contributed by atoms with Crippen molar-refractivity contribution in [2.75, 3.05) is 13.2 Å². The van der Waals surface area contributed by atoms with E-state index >= 15 is 0 Å². The first-order valence-corrected chi connectivity index (χ1v) is 10.3. The van der Waals surface area contributed by atoms with Crippen LogP contribution in [-0.4, -0.2) is 29.3 Å². The minimum Gasteiger partial charge on any atom is -0.487 e. The summed E-state index contributed by atoms with van der Waals surface area (Å²) in [5.41, 5.74) is 3.47. The first-order valence-electron chi connectivity index (χ1n) is 10.3. The lowest BCUT2D eigenvalue weighted by molar-refractivity contribution is -0.0119. The van der Waals surface area contributed by atoms with Crippen LogP contribution in [0.4, 0.5) is 0 Å². The van der Waals surface area contributed by atoms with Gasteiger partial charge in [-0.15, -0.1) is 0 Å². The van der Waals surface area contributed by atoms with Crippen LogP contribution >= 0.6 is 0 Å². The SMILES string of the molecule is Cc1cc(OCc2ccccn2)ccc1-c1cc(OC[C@H]2CCCCO2)[nH]c(=O)c1. The quantitative estimate of drug-likeness (QED) is 0.634. The molecule has 6 heteroatoms. The second kappa shape index (κ2) is 9.59. The fourth-order valence-electron chi connectivity index (χ4n) is 3.56. The van der Waals surface area contributed by atoms with Crippen LogP contribution in [0.2, 0.25) is 0 Å². The molecule has 0 unspecified atom stereocenters. The number of aromatic nitrogens is 2. The molecule has 0 saturated carbocycles. The fraction of sp³-hybridized carbons (Fsp3) is 0.333. The molecule has 3 aromatic rings. The molecule has 1 fully saturated rings. The van der Waals surface area contributed by atoms with Gasteiger partial charge in [0, 0.05) is 24.9 Å². The van der Waals surface area contributed by atoms with E-state index in [1.54, 1.807) is 12.3 Å². The molecule has 6 nitrogen and oxygen atoms in total. The van der Waals surface area contributed by atoms with E-state index < -0.39 is 0 Å². The standard InChI is InChI=1S/C24H26N2O4/c1-17-12-20(29-15-19-6-2-4-10-25-19)8-9-22(17)18-13-23(27)26-24(14-18)30-16-21-7-3-5-11-28-21/h2,4,6,8-10,12-14,21H,3,5,7,11,15-16H2,1H3,(H,26,27)/t21-/m1/s1. The van der Waals surface area contributed by atoms with Gasteiger partial charge >= 0.3 is 0 Å². The van der Waals surface area contributed by atoms with Crippen molar-refractivity contribution in [1.29, 1.82) is 0 Å². The highest BCUT2D eigenvalue weighted by molar-refractivity contribution is 5.68. The van der Waals surface area contributed by atoms with Gasteiger partial charge in [0.2, 0.25) is 0 Å². The second-order valence-corrected chi connectivity index (χ2v) is 7.48. The summed E-state index contributed by atoms with van der Waals surface area (Å²) in [7, 11) is 0. The maximum absolute atomic E-state index is 12.2. The van der Waals surface area contributed by atoms with Gasteiger partial charge < -0.3 is 14.2 Å². The van der Waals surface area contributed by atoms with Crippen LogP contribution in [0.1, 0.15) is 30.5 Å². The Bertz CT molecular complexity index is 1030. The third-order valence-electron chi connectivity index (χ3n) is 5.14. The van der Waals surface area contributed by atoms with Gasteiger partial charge in [0.1, 0.15) is 19.0 Å². The van der Waals surface area contributed by atoms with Crippen molar-refractivity contribution >= 4 is 0 Å². The number of pyridine rings is 2. The molecule has 0 radical (unpaired) electrons. The van der Waals surface area contributed by atoms with E-state index in [0.717, 1.165) is 54.0 Å². The van der Waals surface area contributed by atoms with Crippen LogP contribution in [0.3, 0.4) is 0 Å². The third-order valence-corrected chi connectivity index (χ3v) is 5.14. The zero-order valence-electron chi connectivity index (χ0n) is 17.1. The summed E-state index contributed by atoms with van der Waals surface area (Å²) in [5.74, 6) is 1.22. The van der Waals surface area contributed by atoms with Crippen LogP contribution in [0.25, 0.3) is 11.1 Å². The van der Waals surface area contributed by atoms with Gasteiger partial charge in [-0.1, -0.05) is 12.1 Å². The summed E-state index contributed by atoms with van der Waals surface area (Å²) >= 11 is 0. The number of hydrogen-bond acceptors (Lipinski definition) is 5. The van der Waals surface area contributed by atoms with Crippen LogP contribution in [-0.2, 0) is 11.3 Å². The van der Waals surface area contributed by atoms with E-state index in [0.29, 0.717) is 19.1 Å². The first-order chi connectivity index (χ1) is 14.7. The lowest BCUT2D eigenvalue weighted by Gasteiger charge is -2.22. The van der Waals surface area contributed by atoms with Crippen molar-refractivity contribution in [3.8, 4) is 22.8 Å². The van der Waals surface area contributed by atoms with Crippen molar-refractivity contribution in [2.24, 2.45) is 0 Å². The molecule has 0 bridgehead atoms. The molecule has 0 aliphatic carbocycles. The summed E-state index contributed by atoms with van der Waals surface area (Å²) in [6, 6.07) is 15.0. The number of rotatable bonds is 7. The first kappa shape index (κ1) is 20.2. The number of H-pyrrole nitrogens is 1. The molecule has 4 rings (SSSR count). The van der Waals surface area contributed by atoms with Crippen LogP contribution in [0, 0.1) is 6.92 Å². The van der Waals surface area contributed by atoms with Crippen molar-refractivity contribution in [3.05, 3.63) is 76.3 Å². The van der Waals surface area contributed by atoms with Gasteiger partial charge in [-0.2, -0.15) is 0 Å². The number of aryl methyl sites for hydroxylation is 1. The molecule has 1 aliphatic heterocycles. The van der Waals surface area contributed by atoms with E-state index in [9.17, 15) is 4.79 Å². The van der Waals surface area contributed by atoms with E-state index in [-0.39, 0.29) is 11.7 Å². The van der Waals surface area contributed by atoms with E-state index in [4.69, 9.17) is 14.2 Å². The van der Waals surface area contributed by atoms with Crippen molar-refractivity contribution < 1.29 is 14.2 Å². The molecule has 1 N–H and O–H groups in total. The Morgan fingerprint density at radius 1 is 1.13 bits per heavy atom. The lowest BCUT2D eigenvalue weighted by atomic mass is 10.0. The van der Waals surface area contributed by atoms with Gasteiger partial charge in [-0.05, 0) is 67.1 Å². The highest BCUT2D eigenvalue weighted by Crippen LogP contribution is 2.28. The minimum absolute atomic E-state index is 0.0863. The Labute approximate surface area is 175 Å². The molecular weight excluding hydrogens is 380 g/mol. The Morgan fingerprint density at radius 2 is 2.07 bits per heavy atom. The van der Waals surface area contributed by atoms with Crippen LogP contribution in [0.15, 0.2) is 59.5 Å². The largest absolute Gasteiger partial charge is 0.487 e. The third kappa shape index (κ3) is 5.27. The molecular formula is C24H26N2O4. The Kier molecular flexibility index (Phi) is 6.44. The van der Waals surface area contributed by atoms with Crippen molar-refractivity contribution in [3.63, 3.8) is 0 Å². The van der Waals surface area contributed by atoms with Gasteiger partial charge in [-0.3, -0.25) is 14.8 Å². The van der Waals surface area contributed by atoms with Gasteiger partial charge in [0.25, 0.3) is 5.56 Å². The second-order valence-electron chi connectivity index (χ2n) is 7.48. The fourth-order valence-corrected chi connectivity index (χ4v) is 3.56. The minimum atomic E-state index is -0.193. The highest BCUT2D eigenvalue weighted by atomic mass is 16.5. The Balaban J connectivity index is 1.46. The van der Waals surface area contributed by atoms with Gasteiger partial charge in [0.15, 0.2) is 5.88 Å². The molecule has 1 saturated heterocycles. The summed E-state index contributed by atoms with van der Waals surface area (Å²) in [4.78, 5) is 19.2. The summed E-state index contributed by atoms with van der Waals surface area (Å²) in [6.45, 7) is 3.63. The summed E-state index contributed by atoms with van der Waals surface area (Å²) < 4.78 is 17.4. The number of benzene rings is 1. The molecule has 30 heavy (non-hydrogen) atoms. The maximum Gasteiger partial charge on any atom is 0.251 e. The number of nitrogens with zero attached hydrogens (tertiary/aromatic N) is 1. The number of aromatic amines is 1. The topological polar surface area (TPSA) is 73.4 Å². The number of hydrogen-bond donors (Lipinski definition) is 1. The molecule has 0 amide bonds. The van der Waals surface area contributed by atoms with Gasteiger partial charge in [0.05, 0.1) is 11.8 Å². The highest BCUT2D eigenvalue weighted by Gasteiger charge is 2.15. The van der Waals surface area contributed by atoms with E-state index in [1.807, 2.05) is 49.4 Å². The summed E-state index contributed by atoms with van der Waals surface area (Å²) in [6.07, 6.45) is 5.08. The predicted molar refractivity (Wildman–Crippen MR) is 115 cm³/mol.